The van der Waals surface area contributed by atoms with E-state index in [0.29, 0.717) is 22.8 Å². The molecule has 0 amide bonds. The van der Waals surface area contributed by atoms with Gasteiger partial charge in [-0.05, 0) is 36.4 Å². The van der Waals surface area contributed by atoms with Crippen molar-refractivity contribution in [2.24, 2.45) is 4.99 Å². The van der Waals surface area contributed by atoms with E-state index in [1.54, 1.807) is 66.1 Å². The van der Waals surface area contributed by atoms with Crippen LogP contribution < -0.4 is 20.1 Å². The van der Waals surface area contributed by atoms with Crippen LogP contribution in [-0.2, 0) is 10.0 Å². The van der Waals surface area contributed by atoms with Crippen molar-refractivity contribution in [3.63, 3.8) is 0 Å². The van der Waals surface area contributed by atoms with E-state index in [1.807, 2.05) is 0 Å². The molecule has 8 heteroatoms. The van der Waals surface area contributed by atoms with Gasteiger partial charge >= 0.3 is 0 Å². The number of methoxy groups -OCH3 is 1. The molecule has 2 aromatic carbocycles. The highest BCUT2D eigenvalue weighted by Gasteiger charge is 2.17. The van der Waals surface area contributed by atoms with Crippen molar-refractivity contribution in [1.82, 2.24) is 0 Å². The highest BCUT2D eigenvalue weighted by molar-refractivity contribution is 7.92. The minimum atomic E-state index is -3.78. The van der Waals surface area contributed by atoms with Crippen LogP contribution >= 0.6 is 0 Å². The Kier molecular flexibility index (Phi) is 4.94. The molecule has 0 saturated heterocycles. The highest BCUT2D eigenvalue weighted by Crippen LogP contribution is 2.28. The number of nitrogens with two attached hydrogens (primary N) is 1. The van der Waals surface area contributed by atoms with Crippen LogP contribution in [0, 0.1) is 0 Å². The summed E-state index contributed by atoms with van der Waals surface area (Å²) in [6.45, 7) is 0. The number of hydrogen-bond acceptors (Lipinski definition) is 6. The van der Waals surface area contributed by atoms with E-state index in [4.69, 9.17) is 10.5 Å². The summed E-state index contributed by atoms with van der Waals surface area (Å²) in [5, 5.41) is 0. The lowest BCUT2D eigenvalue weighted by Gasteiger charge is -2.18. The van der Waals surface area contributed by atoms with Crippen molar-refractivity contribution in [2.75, 3.05) is 22.5 Å². The first-order valence-corrected chi connectivity index (χ1v) is 9.19. The van der Waals surface area contributed by atoms with Crippen molar-refractivity contribution < 1.29 is 13.2 Å². The van der Waals surface area contributed by atoms with Gasteiger partial charge in [-0.1, -0.05) is 6.07 Å². The fraction of sp³-hybridized carbons (Fsp3) is 0.0556. The van der Waals surface area contributed by atoms with Crippen LogP contribution in [0.1, 0.15) is 0 Å². The third-order valence-corrected chi connectivity index (χ3v) is 5.02. The number of benzene rings is 2. The highest BCUT2D eigenvalue weighted by atomic mass is 32.2. The van der Waals surface area contributed by atoms with Gasteiger partial charge in [-0.25, -0.2) is 8.42 Å². The molecule has 0 aromatic heterocycles. The number of aliphatic imine (C=N–C) groups is 1. The number of rotatable bonds is 5. The zero-order chi connectivity index (χ0) is 18.6. The molecule has 1 aliphatic rings. The van der Waals surface area contributed by atoms with E-state index in [0.717, 1.165) is 0 Å². The molecule has 1 aliphatic heterocycles. The van der Waals surface area contributed by atoms with Gasteiger partial charge in [0.25, 0.3) is 10.0 Å². The van der Waals surface area contributed by atoms with Crippen LogP contribution in [0.5, 0.6) is 5.75 Å². The van der Waals surface area contributed by atoms with Crippen LogP contribution in [0.3, 0.4) is 0 Å². The molecule has 0 atom stereocenters. The Bertz CT molecular complexity index is 981. The molecule has 134 valence electrons. The van der Waals surface area contributed by atoms with Crippen molar-refractivity contribution >= 4 is 33.3 Å². The summed E-state index contributed by atoms with van der Waals surface area (Å²) in [5.74, 6) is 0.557. The molecule has 26 heavy (non-hydrogen) atoms. The molecular weight excluding hydrogens is 352 g/mol. The summed E-state index contributed by atoms with van der Waals surface area (Å²) in [5.41, 5.74) is 7.47. The van der Waals surface area contributed by atoms with Crippen molar-refractivity contribution in [3.05, 3.63) is 67.1 Å². The van der Waals surface area contributed by atoms with Crippen molar-refractivity contribution in [2.45, 2.75) is 4.90 Å². The molecular formula is C18H18N4O3S. The van der Waals surface area contributed by atoms with Gasteiger partial charge < -0.3 is 15.4 Å². The Morgan fingerprint density at radius 3 is 2.77 bits per heavy atom. The monoisotopic (exact) mass is 370 g/mol. The Hall–Kier alpha value is -3.26. The molecule has 3 rings (SSSR count). The van der Waals surface area contributed by atoms with Gasteiger partial charge in [0.1, 0.15) is 5.75 Å². The minimum Gasteiger partial charge on any atom is -0.497 e. The first-order valence-electron chi connectivity index (χ1n) is 7.71. The van der Waals surface area contributed by atoms with Crippen molar-refractivity contribution in [3.8, 4) is 5.75 Å². The Morgan fingerprint density at radius 1 is 1.15 bits per heavy atom. The normalized spacial score (nSPS) is 13.5. The third-order valence-electron chi connectivity index (χ3n) is 3.64. The Labute approximate surface area is 152 Å². The number of sulfonamides is 1. The maximum Gasteiger partial charge on any atom is 0.261 e. The lowest BCUT2D eigenvalue weighted by Crippen LogP contribution is -2.14. The summed E-state index contributed by atoms with van der Waals surface area (Å²) in [6.07, 6.45) is 8.53. The summed E-state index contributed by atoms with van der Waals surface area (Å²) in [7, 11) is -2.26. The topological polar surface area (TPSA) is 97.0 Å². The second-order valence-corrected chi connectivity index (χ2v) is 7.09. The van der Waals surface area contributed by atoms with Crippen LogP contribution in [-0.4, -0.2) is 21.7 Å². The summed E-state index contributed by atoms with van der Waals surface area (Å²) in [4.78, 5) is 5.83. The van der Waals surface area contributed by atoms with E-state index < -0.39 is 10.0 Å². The predicted octanol–water partition coefficient (Wildman–Crippen LogP) is 2.95. The van der Waals surface area contributed by atoms with Crippen molar-refractivity contribution in [1.29, 1.82) is 0 Å². The number of allylic oxidation sites excluding steroid dienone is 1. The number of ether oxygens (including phenoxy) is 1. The van der Waals surface area contributed by atoms with Gasteiger partial charge in [-0.2, -0.15) is 0 Å². The fourth-order valence-corrected chi connectivity index (χ4v) is 3.47. The average Bonchev–Trinajstić information content (AvgIpc) is 2.90. The zero-order valence-electron chi connectivity index (χ0n) is 14.0. The molecule has 0 saturated carbocycles. The molecule has 7 nitrogen and oxygen atoms in total. The molecule has 0 aliphatic carbocycles. The number of hydrogen-bond donors (Lipinski definition) is 2. The van der Waals surface area contributed by atoms with Crippen LogP contribution in [0.25, 0.3) is 0 Å². The molecule has 1 heterocycles. The van der Waals surface area contributed by atoms with Gasteiger partial charge in [0.15, 0.2) is 0 Å². The minimum absolute atomic E-state index is 0.0700. The quantitative estimate of drug-likeness (QED) is 0.789. The van der Waals surface area contributed by atoms with Crippen LogP contribution in [0.2, 0.25) is 0 Å². The first-order chi connectivity index (χ1) is 12.5. The van der Waals surface area contributed by atoms with E-state index in [-0.39, 0.29) is 4.90 Å². The van der Waals surface area contributed by atoms with Gasteiger partial charge in [-0.3, -0.25) is 9.71 Å². The predicted molar refractivity (Wildman–Crippen MR) is 104 cm³/mol. The molecule has 2 aromatic rings. The van der Waals surface area contributed by atoms with E-state index in [9.17, 15) is 8.42 Å². The van der Waals surface area contributed by atoms with Gasteiger partial charge in [0.05, 0.1) is 29.1 Å². The molecule has 0 unspecified atom stereocenters. The van der Waals surface area contributed by atoms with Crippen LogP contribution in [0.15, 0.2) is 77.0 Å². The van der Waals surface area contributed by atoms with E-state index in [2.05, 4.69) is 9.71 Å². The fourth-order valence-electron chi connectivity index (χ4n) is 2.39. The smallest absolute Gasteiger partial charge is 0.261 e. The van der Waals surface area contributed by atoms with Gasteiger partial charge in [0.2, 0.25) is 0 Å². The van der Waals surface area contributed by atoms with Gasteiger partial charge in [0, 0.05) is 30.9 Å². The second kappa shape index (κ2) is 7.32. The maximum absolute atomic E-state index is 12.6. The Morgan fingerprint density at radius 2 is 2.00 bits per heavy atom. The molecule has 0 bridgehead atoms. The van der Waals surface area contributed by atoms with E-state index in [1.165, 1.54) is 19.2 Å². The number of nitrogens with zero attached hydrogens (tertiary/aromatic N) is 2. The lowest BCUT2D eigenvalue weighted by molar-refractivity contribution is 0.415. The van der Waals surface area contributed by atoms with E-state index >= 15 is 0 Å². The largest absolute Gasteiger partial charge is 0.497 e. The number of nitrogens with one attached hydrogen (secondary N) is 1. The summed E-state index contributed by atoms with van der Waals surface area (Å²) < 4.78 is 32.9. The summed E-state index contributed by atoms with van der Waals surface area (Å²) >= 11 is 0. The number of anilines is 3. The molecule has 0 spiro atoms. The molecule has 0 radical (unpaired) electrons. The first kappa shape index (κ1) is 17.6. The zero-order valence-corrected chi connectivity index (χ0v) is 14.8. The summed E-state index contributed by atoms with van der Waals surface area (Å²) in [6, 6.07) is 11.2. The van der Waals surface area contributed by atoms with Crippen LogP contribution in [0.4, 0.5) is 17.1 Å². The molecule has 0 fully saturated rings. The second-order valence-electron chi connectivity index (χ2n) is 5.40. The Balaban J connectivity index is 1.87. The third kappa shape index (κ3) is 3.86. The average molecular weight is 370 g/mol. The maximum atomic E-state index is 12.6. The SMILES string of the molecule is COc1cccc(NS(=O)(=O)c2ccc(N3C=CC=NC=C3)c(N)c2)c1. The number of nitrogen functional groups attached to an aromatic ring is 1. The molecule has 3 N–H and O–H groups in total. The lowest BCUT2D eigenvalue weighted by atomic mass is 10.2. The standard InChI is InChI=1S/C18H18N4O3S/c1-25-15-5-2-4-14(12-15)21-26(23,24)16-6-7-18(17(19)13-16)22-10-3-8-20-9-11-22/h2-13,21H,19H2,1H3. The van der Waals surface area contributed by atoms with Gasteiger partial charge in [-0.15, -0.1) is 0 Å².